The third-order valence-electron chi connectivity index (χ3n) is 4.37. The number of nitrogens with zero attached hydrogens (tertiary/aromatic N) is 1. The Morgan fingerprint density at radius 1 is 1.07 bits per heavy atom. The van der Waals surface area contributed by atoms with Crippen LogP contribution in [0.15, 0.2) is 59.0 Å². The van der Waals surface area contributed by atoms with Crippen LogP contribution < -0.4 is 11.1 Å². The van der Waals surface area contributed by atoms with Crippen LogP contribution in [0.4, 0.5) is 5.69 Å². The summed E-state index contributed by atoms with van der Waals surface area (Å²) in [5.74, 6) is -0.758. The van der Waals surface area contributed by atoms with Crippen molar-refractivity contribution in [3.05, 3.63) is 65.9 Å². The summed E-state index contributed by atoms with van der Waals surface area (Å²) in [6.07, 6.45) is 0.136. The molecule has 3 amide bonds. The maximum absolute atomic E-state index is 12.7. The van der Waals surface area contributed by atoms with Gasteiger partial charge >= 0.3 is 0 Å². The number of para-hydroxylation sites is 1. The highest BCUT2D eigenvalue weighted by Crippen LogP contribution is 2.20. The van der Waals surface area contributed by atoms with Crippen LogP contribution in [0.1, 0.15) is 34.3 Å². The molecule has 144 valence electrons. The molecular formula is C21H21N3O4. The Morgan fingerprint density at radius 2 is 1.79 bits per heavy atom. The zero-order valence-electron chi connectivity index (χ0n) is 15.5. The van der Waals surface area contributed by atoms with Gasteiger partial charge in [-0.15, -0.1) is 0 Å². The topological polar surface area (TPSA) is 106 Å². The van der Waals surface area contributed by atoms with E-state index >= 15 is 0 Å². The Kier molecular flexibility index (Phi) is 5.74. The molecule has 0 aliphatic rings. The highest BCUT2D eigenvalue weighted by molar-refractivity contribution is 5.97. The quantitative estimate of drug-likeness (QED) is 0.658. The molecule has 1 heterocycles. The molecule has 3 rings (SSSR count). The summed E-state index contributed by atoms with van der Waals surface area (Å²) in [7, 11) is 0. The summed E-state index contributed by atoms with van der Waals surface area (Å²) < 4.78 is 5.62. The molecule has 0 fully saturated rings. The lowest BCUT2D eigenvalue weighted by molar-refractivity contribution is -0.116. The summed E-state index contributed by atoms with van der Waals surface area (Å²) in [5, 5.41) is 3.60. The minimum absolute atomic E-state index is 0.136. The zero-order chi connectivity index (χ0) is 20.1. The van der Waals surface area contributed by atoms with Crippen LogP contribution in [0.5, 0.6) is 0 Å². The van der Waals surface area contributed by atoms with Gasteiger partial charge in [-0.1, -0.05) is 18.2 Å². The van der Waals surface area contributed by atoms with Gasteiger partial charge in [-0.05, 0) is 43.3 Å². The number of carbonyl (C=O) groups is 3. The first-order valence-corrected chi connectivity index (χ1v) is 8.95. The molecule has 0 unspecified atom stereocenters. The first kappa shape index (κ1) is 19.2. The van der Waals surface area contributed by atoms with Gasteiger partial charge in [0, 0.05) is 36.1 Å². The second kappa shape index (κ2) is 8.39. The average Bonchev–Trinajstić information content (AvgIpc) is 3.13. The van der Waals surface area contributed by atoms with Crippen LogP contribution in [0, 0.1) is 0 Å². The Labute approximate surface area is 162 Å². The van der Waals surface area contributed by atoms with Crippen molar-refractivity contribution in [2.75, 3.05) is 18.4 Å². The van der Waals surface area contributed by atoms with Gasteiger partial charge in [0.25, 0.3) is 5.91 Å². The fourth-order valence-electron chi connectivity index (χ4n) is 2.82. The Morgan fingerprint density at radius 3 is 2.43 bits per heavy atom. The first-order valence-electron chi connectivity index (χ1n) is 8.95. The molecule has 0 aliphatic heterocycles. The van der Waals surface area contributed by atoms with Gasteiger partial charge < -0.3 is 20.4 Å². The SMILES string of the molecule is CCN(CCC(=O)Nc1ccc(C(N)=O)cc1)C(=O)c1cc2ccccc2o1. The lowest BCUT2D eigenvalue weighted by Crippen LogP contribution is -2.33. The van der Waals surface area contributed by atoms with E-state index in [-0.39, 0.29) is 30.5 Å². The highest BCUT2D eigenvalue weighted by Gasteiger charge is 2.19. The Balaban J connectivity index is 1.58. The van der Waals surface area contributed by atoms with Gasteiger partial charge in [-0.2, -0.15) is 0 Å². The van der Waals surface area contributed by atoms with Crippen molar-refractivity contribution in [3.63, 3.8) is 0 Å². The van der Waals surface area contributed by atoms with Gasteiger partial charge in [0.15, 0.2) is 5.76 Å². The molecular weight excluding hydrogens is 358 g/mol. The van der Waals surface area contributed by atoms with Crippen molar-refractivity contribution >= 4 is 34.4 Å². The zero-order valence-corrected chi connectivity index (χ0v) is 15.5. The summed E-state index contributed by atoms with van der Waals surface area (Å²) in [6.45, 7) is 2.56. The first-order chi connectivity index (χ1) is 13.5. The normalized spacial score (nSPS) is 10.6. The van der Waals surface area contributed by atoms with E-state index in [1.54, 1.807) is 41.3 Å². The summed E-state index contributed by atoms with van der Waals surface area (Å²) in [5.41, 5.74) is 6.77. The minimum Gasteiger partial charge on any atom is -0.451 e. The number of benzene rings is 2. The number of furan rings is 1. The van der Waals surface area contributed by atoms with Crippen molar-refractivity contribution in [2.24, 2.45) is 5.73 Å². The molecule has 3 aromatic rings. The van der Waals surface area contributed by atoms with Crippen molar-refractivity contribution in [3.8, 4) is 0 Å². The molecule has 0 saturated heterocycles. The van der Waals surface area contributed by atoms with Crippen LogP contribution in [-0.4, -0.2) is 35.7 Å². The summed E-state index contributed by atoms with van der Waals surface area (Å²) >= 11 is 0. The van der Waals surface area contributed by atoms with Crippen molar-refractivity contribution < 1.29 is 18.8 Å². The number of fused-ring (bicyclic) bond motifs is 1. The van der Waals surface area contributed by atoms with Gasteiger partial charge in [0.05, 0.1) is 0 Å². The van der Waals surface area contributed by atoms with Gasteiger partial charge in [0.2, 0.25) is 11.8 Å². The summed E-state index contributed by atoms with van der Waals surface area (Å²) in [4.78, 5) is 37.5. The standard InChI is InChI=1S/C21H21N3O4/c1-2-24(21(27)18-13-15-5-3-4-6-17(15)28-18)12-11-19(25)23-16-9-7-14(8-10-16)20(22)26/h3-10,13H,2,11-12H2,1H3,(H2,22,26)(H,23,25). The maximum Gasteiger partial charge on any atom is 0.289 e. The van der Waals surface area contributed by atoms with E-state index in [9.17, 15) is 14.4 Å². The van der Waals surface area contributed by atoms with E-state index in [0.717, 1.165) is 5.39 Å². The second-order valence-corrected chi connectivity index (χ2v) is 6.27. The van der Waals surface area contributed by atoms with Gasteiger partial charge in [-0.3, -0.25) is 14.4 Å². The molecule has 3 N–H and O–H groups in total. The number of amides is 3. The Bertz CT molecular complexity index is 975. The van der Waals surface area contributed by atoms with Crippen LogP contribution in [-0.2, 0) is 4.79 Å². The van der Waals surface area contributed by atoms with Crippen LogP contribution in [0.2, 0.25) is 0 Å². The van der Waals surface area contributed by atoms with E-state index < -0.39 is 5.91 Å². The predicted octanol–water partition coefficient (Wildman–Crippen LogP) is 3.02. The number of hydrogen-bond acceptors (Lipinski definition) is 4. The number of primary amides is 1. The molecule has 0 spiro atoms. The molecule has 0 atom stereocenters. The van der Waals surface area contributed by atoms with Gasteiger partial charge in [-0.25, -0.2) is 0 Å². The number of hydrogen-bond donors (Lipinski definition) is 2. The van der Waals surface area contributed by atoms with Crippen LogP contribution >= 0.6 is 0 Å². The third kappa shape index (κ3) is 4.37. The molecule has 7 nitrogen and oxygen atoms in total. The number of rotatable bonds is 7. The molecule has 1 aromatic heterocycles. The van der Waals surface area contributed by atoms with Crippen molar-refractivity contribution in [1.82, 2.24) is 4.90 Å². The second-order valence-electron chi connectivity index (χ2n) is 6.27. The van der Waals surface area contributed by atoms with Crippen LogP contribution in [0.25, 0.3) is 11.0 Å². The fraction of sp³-hybridized carbons (Fsp3) is 0.190. The van der Waals surface area contributed by atoms with E-state index in [4.69, 9.17) is 10.2 Å². The molecule has 2 aromatic carbocycles. The average molecular weight is 379 g/mol. The number of anilines is 1. The maximum atomic E-state index is 12.7. The van der Waals surface area contributed by atoms with Gasteiger partial charge in [0.1, 0.15) is 5.58 Å². The number of carbonyl (C=O) groups excluding carboxylic acids is 3. The number of nitrogens with two attached hydrogens (primary N) is 1. The molecule has 0 aliphatic carbocycles. The smallest absolute Gasteiger partial charge is 0.289 e. The number of nitrogens with one attached hydrogen (secondary N) is 1. The molecule has 7 heteroatoms. The van der Waals surface area contributed by atoms with E-state index in [1.807, 2.05) is 25.1 Å². The lowest BCUT2D eigenvalue weighted by atomic mass is 10.2. The Hall–Kier alpha value is -3.61. The monoisotopic (exact) mass is 379 g/mol. The molecule has 0 bridgehead atoms. The largest absolute Gasteiger partial charge is 0.451 e. The highest BCUT2D eigenvalue weighted by atomic mass is 16.3. The molecule has 0 radical (unpaired) electrons. The van der Waals surface area contributed by atoms with E-state index in [2.05, 4.69) is 5.32 Å². The molecule has 28 heavy (non-hydrogen) atoms. The van der Waals surface area contributed by atoms with Crippen molar-refractivity contribution in [2.45, 2.75) is 13.3 Å². The van der Waals surface area contributed by atoms with E-state index in [0.29, 0.717) is 23.4 Å². The summed E-state index contributed by atoms with van der Waals surface area (Å²) in [6, 6.07) is 15.4. The predicted molar refractivity (Wildman–Crippen MR) is 106 cm³/mol. The third-order valence-corrected chi connectivity index (χ3v) is 4.37. The molecule has 0 saturated carbocycles. The van der Waals surface area contributed by atoms with E-state index in [1.165, 1.54) is 0 Å². The minimum atomic E-state index is -0.527. The lowest BCUT2D eigenvalue weighted by Gasteiger charge is -2.19. The van der Waals surface area contributed by atoms with Crippen molar-refractivity contribution in [1.29, 1.82) is 0 Å². The fourth-order valence-corrected chi connectivity index (χ4v) is 2.82. The van der Waals surface area contributed by atoms with Crippen LogP contribution in [0.3, 0.4) is 0 Å².